The summed E-state index contributed by atoms with van der Waals surface area (Å²) in [5, 5.41) is 0.596. The first kappa shape index (κ1) is 14.2. The van der Waals surface area contributed by atoms with Crippen molar-refractivity contribution in [1.82, 2.24) is 9.97 Å². The molecule has 0 fully saturated rings. The van der Waals surface area contributed by atoms with Gasteiger partial charge in [0.1, 0.15) is 17.3 Å². The summed E-state index contributed by atoms with van der Waals surface area (Å²) in [4.78, 5) is 10.8. The number of halogens is 1. The van der Waals surface area contributed by atoms with Gasteiger partial charge in [-0.05, 0) is 26.7 Å². The molecular weight excluding hydrogens is 234 g/mol. The largest absolute Gasteiger partial charge is 0.354 e. The molecule has 0 saturated carbocycles. The minimum absolute atomic E-state index is 0.474. The number of hydrogen-bond donors (Lipinski definition) is 0. The molecule has 1 unspecified atom stereocenters. The van der Waals surface area contributed by atoms with E-state index in [0.29, 0.717) is 11.2 Å². The molecule has 0 aliphatic carbocycles. The maximum Gasteiger partial charge on any atom is 0.137 e. The molecule has 4 heteroatoms. The minimum atomic E-state index is 0.474. The predicted octanol–water partition coefficient (Wildman–Crippen LogP) is 3.71. The van der Waals surface area contributed by atoms with Gasteiger partial charge in [0.25, 0.3) is 0 Å². The molecule has 0 saturated heterocycles. The Balaban J connectivity index is 3.13. The van der Waals surface area contributed by atoms with Gasteiger partial charge in [-0.25, -0.2) is 9.97 Å². The van der Waals surface area contributed by atoms with Crippen molar-refractivity contribution in [1.29, 1.82) is 0 Å². The van der Waals surface area contributed by atoms with Gasteiger partial charge in [0, 0.05) is 18.2 Å². The Morgan fingerprint density at radius 1 is 1.29 bits per heavy atom. The monoisotopic (exact) mass is 255 g/mol. The molecule has 96 valence electrons. The molecule has 1 rings (SSSR count). The fraction of sp³-hybridized carbons (Fsp3) is 0.692. The first-order valence-electron chi connectivity index (χ1n) is 6.41. The Kier molecular flexibility index (Phi) is 5.69. The van der Waals surface area contributed by atoms with Crippen LogP contribution in [0.5, 0.6) is 0 Å². The number of anilines is 1. The Bertz CT molecular complexity index is 355. The highest BCUT2D eigenvalue weighted by Crippen LogP contribution is 2.26. The molecule has 0 aliphatic rings. The van der Waals surface area contributed by atoms with Gasteiger partial charge in [-0.3, -0.25) is 0 Å². The van der Waals surface area contributed by atoms with E-state index in [0.717, 1.165) is 37.2 Å². The summed E-state index contributed by atoms with van der Waals surface area (Å²) in [6.45, 7) is 9.65. The van der Waals surface area contributed by atoms with E-state index in [9.17, 15) is 0 Å². The summed E-state index contributed by atoms with van der Waals surface area (Å²) in [6.07, 6.45) is 4.64. The highest BCUT2D eigenvalue weighted by Gasteiger charge is 2.18. The van der Waals surface area contributed by atoms with Crippen LogP contribution in [0.1, 0.15) is 46.1 Å². The molecule has 0 spiro atoms. The van der Waals surface area contributed by atoms with E-state index in [-0.39, 0.29) is 0 Å². The van der Waals surface area contributed by atoms with E-state index in [1.54, 1.807) is 6.33 Å². The molecule has 1 aromatic heterocycles. The van der Waals surface area contributed by atoms with Crippen LogP contribution in [-0.4, -0.2) is 22.6 Å². The van der Waals surface area contributed by atoms with Crippen molar-refractivity contribution in [3.05, 3.63) is 17.0 Å². The molecule has 0 amide bonds. The lowest BCUT2D eigenvalue weighted by Gasteiger charge is -2.30. The van der Waals surface area contributed by atoms with Crippen molar-refractivity contribution in [3.63, 3.8) is 0 Å². The highest BCUT2D eigenvalue weighted by molar-refractivity contribution is 6.30. The van der Waals surface area contributed by atoms with Crippen molar-refractivity contribution >= 4 is 17.4 Å². The zero-order chi connectivity index (χ0) is 12.8. The Morgan fingerprint density at radius 2 is 2.00 bits per heavy atom. The second-order valence-electron chi connectivity index (χ2n) is 4.26. The molecule has 0 aliphatic heterocycles. The summed E-state index contributed by atoms with van der Waals surface area (Å²) in [7, 11) is 0. The van der Waals surface area contributed by atoms with Gasteiger partial charge in [0.15, 0.2) is 0 Å². The van der Waals surface area contributed by atoms with Gasteiger partial charge < -0.3 is 4.90 Å². The summed E-state index contributed by atoms with van der Waals surface area (Å²) < 4.78 is 0. The molecule has 17 heavy (non-hydrogen) atoms. The Labute approximate surface area is 109 Å². The van der Waals surface area contributed by atoms with Crippen molar-refractivity contribution in [2.75, 3.05) is 11.4 Å². The van der Waals surface area contributed by atoms with E-state index in [2.05, 4.69) is 42.6 Å². The average molecular weight is 256 g/mol. The third-order valence-electron chi connectivity index (χ3n) is 3.11. The quantitative estimate of drug-likeness (QED) is 0.726. The lowest BCUT2D eigenvalue weighted by Crippen LogP contribution is -2.34. The third-order valence-corrected chi connectivity index (χ3v) is 3.43. The summed E-state index contributed by atoms with van der Waals surface area (Å²) in [5.41, 5.74) is 1.08. The third kappa shape index (κ3) is 3.32. The van der Waals surface area contributed by atoms with E-state index < -0.39 is 0 Å². The topological polar surface area (TPSA) is 29.0 Å². The van der Waals surface area contributed by atoms with Crippen molar-refractivity contribution in [3.8, 4) is 0 Å². The second kappa shape index (κ2) is 6.80. The van der Waals surface area contributed by atoms with Crippen LogP contribution in [0.3, 0.4) is 0 Å². The number of hydrogen-bond acceptors (Lipinski definition) is 3. The maximum absolute atomic E-state index is 6.18. The highest BCUT2D eigenvalue weighted by atomic mass is 35.5. The molecule has 0 bridgehead atoms. The lowest BCUT2D eigenvalue weighted by atomic mass is 10.1. The Hall–Kier alpha value is -0.830. The first-order valence-corrected chi connectivity index (χ1v) is 6.79. The van der Waals surface area contributed by atoms with E-state index in [4.69, 9.17) is 11.6 Å². The minimum Gasteiger partial charge on any atom is -0.354 e. The van der Waals surface area contributed by atoms with Crippen LogP contribution in [-0.2, 0) is 6.42 Å². The zero-order valence-corrected chi connectivity index (χ0v) is 12.0. The number of nitrogens with zero attached hydrogens (tertiary/aromatic N) is 3. The molecule has 1 atom stereocenters. The molecule has 3 nitrogen and oxygen atoms in total. The molecule has 1 heterocycles. The molecule has 0 N–H and O–H groups in total. The van der Waals surface area contributed by atoms with Crippen LogP contribution in [0.2, 0.25) is 5.15 Å². The van der Waals surface area contributed by atoms with E-state index in [1.807, 2.05) is 0 Å². The molecule has 1 aromatic rings. The standard InChI is InChI=1S/C13H22ClN3/c1-5-8-11-12(14)15-9-16-13(11)17(7-3)10(4)6-2/h9-10H,5-8H2,1-4H3. The lowest BCUT2D eigenvalue weighted by molar-refractivity contribution is 0.618. The number of aromatic nitrogens is 2. The normalized spacial score (nSPS) is 12.5. The Morgan fingerprint density at radius 3 is 2.53 bits per heavy atom. The van der Waals surface area contributed by atoms with Crippen molar-refractivity contribution in [2.45, 2.75) is 53.0 Å². The van der Waals surface area contributed by atoms with Crippen LogP contribution in [0.4, 0.5) is 5.82 Å². The van der Waals surface area contributed by atoms with Gasteiger partial charge in [-0.2, -0.15) is 0 Å². The van der Waals surface area contributed by atoms with E-state index in [1.165, 1.54) is 0 Å². The summed E-state index contributed by atoms with van der Waals surface area (Å²) >= 11 is 6.18. The van der Waals surface area contributed by atoms with E-state index >= 15 is 0 Å². The predicted molar refractivity (Wildman–Crippen MR) is 73.8 cm³/mol. The SMILES string of the molecule is CCCc1c(Cl)ncnc1N(CC)C(C)CC. The molecular formula is C13H22ClN3. The van der Waals surface area contributed by atoms with Gasteiger partial charge in [-0.15, -0.1) is 0 Å². The van der Waals surface area contributed by atoms with Crippen molar-refractivity contribution in [2.24, 2.45) is 0 Å². The number of rotatable bonds is 6. The average Bonchev–Trinajstić information content (AvgIpc) is 2.34. The maximum atomic E-state index is 6.18. The first-order chi connectivity index (χ1) is 8.15. The fourth-order valence-corrected chi connectivity index (χ4v) is 2.21. The smallest absolute Gasteiger partial charge is 0.137 e. The van der Waals surface area contributed by atoms with Gasteiger partial charge in [0.2, 0.25) is 0 Å². The van der Waals surface area contributed by atoms with Gasteiger partial charge in [0.05, 0.1) is 0 Å². The van der Waals surface area contributed by atoms with Crippen LogP contribution in [0.25, 0.3) is 0 Å². The second-order valence-corrected chi connectivity index (χ2v) is 4.62. The summed E-state index contributed by atoms with van der Waals surface area (Å²) in [6, 6.07) is 0.474. The van der Waals surface area contributed by atoms with Crippen molar-refractivity contribution < 1.29 is 0 Å². The zero-order valence-electron chi connectivity index (χ0n) is 11.2. The van der Waals surface area contributed by atoms with Crippen LogP contribution in [0, 0.1) is 0 Å². The van der Waals surface area contributed by atoms with Crippen LogP contribution < -0.4 is 4.90 Å². The fourth-order valence-electron chi connectivity index (χ4n) is 1.99. The molecule has 0 aromatic carbocycles. The van der Waals surface area contributed by atoms with Gasteiger partial charge >= 0.3 is 0 Å². The summed E-state index contributed by atoms with van der Waals surface area (Å²) in [5.74, 6) is 1.00. The van der Waals surface area contributed by atoms with Crippen LogP contribution >= 0.6 is 11.6 Å². The van der Waals surface area contributed by atoms with Crippen LogP contribution in [0.15, 0.2) is 6.33 Å². The molecule has 0 radical (unpaired) electrons. The van der Waals surface area contributed by atoms with Gasteiger partial charge in [-0.1, -0.05) is 31.9 Å².